The van der Waals surface area contributed by atoms with Gasteiger partial charge in [-0.15, -0.1) is 0 Å². The second-order valence-corrected chi connectivity index (χ2v) is 5.43. The quantitative estimate of drug-likeness (QED) is 0.886. The van der Waals surface area contributed by atoms with E-state index in [2.05, 4.69) is 49.0 Å². The summed E-state index contributed by atoms with van der Waals surface area (Å²) in [5.74, 6) is 0. The number of nitrogens with two attached hydrogens (primary N) is 1. The van der Waals surface area contributed by atoms with E-state index < -0.39 is 0 Å². The predicted molar refractivity (Wildman–Crippen MR) is 78.0 cm³/mol. The zero-order valence-electron chi connectivity index (χ0n) is 11.8. The molecule has 0 unspecified atom stereocenters. The van der Waals surface area contributed by atoms with Crippen LogP contribution in [0.1, 0.15) is 24.0 Å². The van der Waals surface area contributed by atoms with Crippen LogP contribution >= 0.6 is 0 Å². The van der Waals surface area contributed by atoms with Crippen molar-refractivity contribution in [3.8, 4) is 0 Å². The van der Waals surface area contributed by atoms with Gasteiger partial charge in [0.25, 0.3) is 0 Å². The molecule has 3 heteroatoms. The Bertz CT molecular complexity index is 395. The fraction of sp³-hybridized carbons (Fsp3) is 0.600. The minimum atomic E-state index is 0.619. The number of aryl methyl sites for hydroxylation is 1. The Kier molecular flexibility index (Phi) is 4.25. The summed E-state index contributed by atoms with van der Waals surface area (Å²) in [6, 6.07) is 7.07. The average molecular weight is 247 g/mol. The second kappa shape index (κ2) is 5.72. The Morgan fingerprint density at radius 1 is 1.33 bits per heavy atom. The Balaban J connectivity index is 2.20. The third-order valence-corrected chi connectivity index (χ3v) is 4.13. The van der Waals surface area contributed by atoms with Gasteiger partial charge in [-0.05, 0) is 51.0 Å². The molecule has 1 saturated heterocycles. The molecular weight excluding hydrogens is 222 g/mol. The van der Waals surface area contributed by atoms with Gasteiger partial charge >= 0.3 is 0 Å². The first-order valence-corrected chi connectivity index (χ1v) is 6.83. The molecule has 1 aromatic rings. The Labute approximate surface area is 111 Å². The number of benzene rings is 1. The lowest BCUT2D eigenvalue weighted by Gasteiger charge is -2.38. The van der Waals surface area contributed by atoms with Gasteiger partial charge in [0.1, 0.15) is 0 Å². The number of hydrogen-bond donors (Lipinski definition) is 1. The fourth-order valence-electron chi connectivity index (χ4n) is 2.95. The number of likely N-dealkylation sites (tertiary alicyclic amines) is 1. The zero-order chi connectivity index (χ0) is 13.1. The van der Waals surface area contributed by atoms with Crippen molar-refractivity contribution in [2.75, 3.05) is 32.1 Å². The predicted octanol–water partition coefficient (Wildman–Crippen LogP) is 1.98. The molecule has 18 heavy (non-hydrogen) atoms. The SMILES string of the molecule is Cc1cccc(CN)c1N(C)C1CCN(C)CC1. The summed E-state index contributed by atoms with van der Waals surface area (Å²) >= 11 is 0. The van der Waals surface area contributed by atoms with Gasteiger partial charge in [0.2, 0.25) is 0 Å². The normalized spacial score (nSPS) is 18.0. The maximum absolute atomic E-state index is 5.87. The van der Waals surface area contributed by atoms with E-state index in [9.17, 15) is 0 Å². The highest BCUT2D eigenvalue weighted by Gasteiger charge is 2.22. The summed E-state index contributed by atoms with van der Waals surface area (Å²) in [6.07, 6.45) is 2.48. The van der Waals surface area contributed by atoms with Gasteiger partial charge in [0, 0.05) is 25.3 Å². The molecule has 1 heterocycles. The van der Waals surface area contributed by atoms with Crippen LogP contribution in [-0.4, -0.2) is 38.1 Å². The molecule has 0 aromatic heterocycles. The Morgan fingerprint density at radius 3 is 2.61 bits per heavy atom. The summed E-state index contributed by atoms with van der Waals surface area (Å²) in [5.41, 5.74) is 9.81. The van der Waals surface area contributed by atoms with Crippen molar-refractivity contribution in [3.05, 3.63) is 29.3 Å². The molecule has 1 fully saturated rings. The second-order valence-electron chi connectivity index (χ2n) is 5.43. The van der Waals surface area contributed by atoms with Crippen molar-refractivity contribution < 1.29 is 0 Å². The van der Waals surface area contributed by atoms with E-state index in [1.807, 2.05) is 0 Å². The molecule has 0 aliphatic carbocycles. The maximum atomic E-state index is 5.87. The van der Waals surface area contributed by atoms with Gasteiger partial charge in [-0.3, -0.25) is 0 Å². The lowest BCUT2D eigenvalue weighted by Crippen LogP contribution is -2.42. The van der Waals surface area contributed by atoms with E-state index in [-0.39, 0.29) is 0 Å². The van der Waals surface area contributed by atoms with Crippen LogP contribution in [0.5, 0.6) is 0 Å². The van der Waals surface area contributed by atoms with Crippen molar-refractivity contribution >= 4 is 5.69 Å². The van der Waals surface area contributed by atoms with Crippen LogP contribution < -0.4 is 10.6 Å². The molecule has 1 aromatic carbocycles. The van der Waals surface area contributed by atoms with E-state index >= 15 is 0 Å². The van der Waals surface area contributed by atoms with Crippen LogP contribution in [0.25, 0.3) is 0 Å². The molecule has 2 N–H and O–H groups in total. The summed E-state index contributed by atoms with van der Waals surface area (Å²) in [6.45, 7) is 5.19. The standard InChI is InChI=1S/C15H25N3/c1-12-5-4-6-13(11-16)15(12)18(3)14-7-9-17(2)10-8-14/h4-6,14H,7-11,16H2,1-3H3. The number of para-hydroxylation sites is 1. The number of rotatable bonds is 3. The van der Waals surface area contributed by atoms with E-state index in [1.165, 1.54) is 42.7 Å². The highest BCUT2D eigenvalue weighted by Crippen LogP contribution is 2.28. The van der Waals surface area contributed by atoms with Crippen molar-refractivity contribution in [2.24, 2.45) is 5.73 Å². The van der Waals surface area contributed by atoms with Crippen LogP contribution in [0, 0.1) is 6.92 Å². The van der Waals surface area contributed by atoms with E-state index in [0.717, 1.165) is 0 Å². The number of nitrogens with zero attached hydrogens (tertiary/aromatic N) is 2. The van der Waals surface area contributed by atoms with Gasteiger partial charge in [0.15, 0.2) is 0 Å². The number of piperidine rings is 1. The summed E-state index contributed by atoms with van der Waals surface area (Å²) in [7, 11) is 4.42. The largest absolute Gasteiger partial charge is 0.371 e. The third-order valence-electron chi connectivity index (χ3n) is 4.13. The smallest absolute Gasteiger partial charge is 0.0441 e. The molecule has 0 radical (unpaired) electrons. The molecule has 0 saturated carbocycles. The monoisotopic (exact) mass is 247 g/mol. The highest BCUT2D eigenvalue weighted by atomic mass is 15.2. The summed E-state index contributed by atoms with van der Waals surface area (Å²) < 4.78 is 0. The topological polar surface area (TPSA) is 32.5 Å². The minimum absolute atomic E-state index is 0.619. The van der Waals surface area contributed by atoms with Gasteiger partial charge in [-0.1, -0.05) is 18.2 Å². The first-order chi connectivity index (χ1) is 8.63. The summed E-state index contributed by atoms with van der Waals surface area (Å²) in [4.78, 5) is 4.86. The van der Waals surface area contributed by atoms with Gasteiger partial charge in [0.05, 0.1) is 0 Å². The van der Waals surface area contributed by atoms with Gasteiger partial charge < -0.3 is 15.5 Å². The maximum Gasteiger partial charge on any atom is 0.0441 e. The number of anilines is 1. The van der Waals surface area contributed by atoms with Crippen LogP contribution in [-0.2, 0) is 6.54 Å². The van der Waals surface area contributed by atoms with Crippen LogP contribution in [0.4, 0.5) is 5.69 Å². The first-order valence-electron chi connectivity index (χ1n) is 6.83. The van der Waals surface area contributed by atoms with Crippen molar-refractivity contribution in [2.45, 2.75) is 32.4 Å². The molecule has 1 aliphatic rings. The van der Waals surface area contributed by atoms with Crippen LogP contribution in [0.3, 0.4) is 0 Å². The molecule has 0 bridgehead atoms. The molecule has 0 spiro atoms. The average Bonchev–Trinajstić information content (AvgIpc) is 2.38. The molecule has 1 aliphatic heterocycles. The van der Waals surface area contributed by atoms with Crippen molar-refractivity contribution in [3.63, 3.8) is 0 Å². The molecule has 2 rings (SSSR count). The lowest BCUT2D eigenvalue weighted by molar-refractivity contribution is 0.252. The molecular formula is C15H25N3. The fourth-order valence-corrected chi connectivity index (χ4v) is 2.95. The molecule has 3 nitrogen and oxygen atoms in total. The van der Waals surface area contributed by atoms with Crippen LogP contribution in [0.2, 0.25) is 0 Å². The van der Waals surface area contributed by atoms with E-state index in [4.69, 9.17) is 5.73 Å². The van der Waals surface area contributed by atoms with Crippen molar-refractivity contribution in [1.82, 2.24) is 4.90 Å². The number of hydrogen-bond acceptors (Lipinski definition) is 3. The van der Waals surface area contributed by atoms with Gasteiger partial charge in [-0.2, -0.15) is 0 Å². The first kappa shape index (κ1) is 13.4. The van der Waals surface area contributed by atoms with Gasteiger partial charge in [-0.25, -0.2) is 0 Å². The molecule has 100 valence electrons. The Hall–Kier alpha value is -1.06. The van der Waals surface area contributed by atoms with Crippen molar-refractivity contribution in [1.29, 1.82) is 0 Å². The Morgan fingerprint density at radius 2 is 2.00 bits per heavy atom. The molecule has 0 amide bonds. The third kappa shape index (κ3) is 2.68. The summed E-state index contributed by atoms with van der Waals surface area (Å²) in [5, 5.41) is 0. The lowest BCUT2D eigenvalue weighted by atomic mass is 10.00. The minimum Gasteiger partial charge on any atom is -0.371 e. The highest BCUT2D eigenvalue weighted by molar-refractivity contribution is 5.59. The van der Waals surface area contributed by atoms with E-state index in [1.54, 1.807) is 0 Å². The zero-order valence-corrected chi connectivity index (χ0v) is 11.8. The van der Waals surface area contributed by atoms with Crippen LogP contribution in [0.15, 0.2) is 18.2 Å². The molecule has 0 atom stereocenters. The van der Waals surface area contributed by atoms with E-state index in [0.29, 0.717) is 12.6 Å².